The van der Waals surface area contributed by atoms with Crippen molar-refractivity contribution in [2.45, 2.75) is 23.8 Å². The van der Waals surface area contributed by atoms with Gasteiger partial charge in [0.25, 0.3) is 11.8 Å². The predicted octanol–water partition coefficient (Wildman–Crippen LogP) is 2.38. The molecule has 0 aromatic heterocycles. The minimum absolute atomic E-state index is 0.127. The zero-order valence-electron chi connectivity index (χ0n) is 22.2. The van der Waals surface area contributed by atoms with Crippen LogP contribution in [-0.4, -0.2) is 65.0 Å². The van der Waals surface area contributed by atoms with Crippen molar-refractivity contribution in [3.63, 3.8) is 0 Å². The number of imide groups is 1. The van der Waals surface area contributed by atoms with E-state index in [4.69, 9.17) is 19.3 Å². The van der Waals surface area contributed by atoms with Gasteiger partial charge in [0.1, 0.15) is 11.8 Å². The molecule has 210 valence electrons. The summed E-state index contributed by atoms with van der Waals surface area (Å²) in [6.45, 7) is 0.127. The highest BCUT2D eigenvalue weighted by Gasteiger charge is 2.44. The molecule has 0 spiro atoms. The first-order chi connectivity index (χ1) is 19.1. The molecule has 1 aliphatic rings. The fraction of sp³-hybridized carbons (Fsp3) is 0.250. The first-order valence-electron chi connectivity index (χ1n) is 12.2. The number of carbonyl (C=O) groups is 3. The predicted molar refractivity (Wildman–Crippen MR) is 146 cm³/mol. The Morgan fingerprint density at radius 2 is 1.57 bits per heavy atom. The third-order valence-corrected chi connectivity index (χ3v) is 7.54. The second-order valence-electron chi connectivity index (χ2n) is 8.99. The smallest absolute Gasteiger partial charge is 0.257 e. The Bertz CT molecular complexity index is 1520. The van der Waals surface area contributed by atoms with Crippen molar-refractivity contribution >= 4 is 33.4 Å². The number of rotatable bonds is 10. The van der Waals surface area contributed by atoms with Gasteiger partial charge in [-0.05, 0) is 72.6 Å². The number of primary sulfonamides is 1. The van der Waals surface area contributed by atoms with Crippen LogP contribution in [0.1, 0.15) is 22.3 Å². The number of nitrogens with zero attached hydrogens (tertiary/aromatic N) is 2. The Labute approximate surface area is 232 Å². The number of ether oxygens (including phenoxy) is 3. The summed E-state index contributed by atoms with van der Waals surface area (Å²) in [4.78, 5) is 42.5. The second kappa shape index (κ2) is 11.8. The Kier molecular flexibility index (Phi) is 8.40. The van der Waals surface area contributed by atoms with E-state index in [2.05, 4.69) is 0 Å². The highest BCUT2D eigenvalue weighted by molar-refractivity contribution is 7.89. The number of anilines is 1. The molecule has 1 heterocycles. The van der Waals surface area contributed by atoms with Gasteiger partial charge in [0, 0.05) is 12.1 Å². The summed E-state index contributed by atoms with van der Waals surface area (Å²) in [6.07, 6.45) is 0.132. The lowest BCUT2D eigenvalue weighted by atomic mass is 10.1. The number of sulfonamides is 1. The Hall–Kier alpha value is -4.42. The van der Waals surface area contributed by atoms with Crippen LogP contribution in [0.4, 0.5) is 5.69 Å². The van der Waals surface area contributed by atoms with Crippen LogP contribution in [0, 0.1) is 0 Å². The van der Waals surface area contributed by atoms with Gasteiger partial charge < -0.3 is 19.1 Å². The minimum Gasteiger partial charge on any atom is -0.497 e. The number of nitrogens with two attached hydrogens (primary N) is 1. The molecule has 1 atom stereocenters. The second-order valence-corrected chi connectivity index (χ2v) is 10.6. The van der Waals surface area contributed by atoms with Crippen molar-refractivity contribution in [3.8, 4) is 17.2 Å². The van der Waals surface area contributed by atoms with Crippen LogP contribution in [0.2, 0.25) is 0 Å². The molecular formula is C28H29N3O8S. The summed E-state index contributed by atoms with van der Waals surface area (Å²) >= 11 is 0. The Morgan fingerprint density at radius 1 is 0.925 bits per heavy atom. The van der Waals surface area contributed by atoms with Gasteiger partial charge in [0.05, 0.1) is 38.3 Å². The van der Waals surface area contributed by atoms with Crippen LogP contribution in [0.3, 0.4) is 0 Å². The fourth-order valence-corrected chi connectivity index (χ4v) is 5.02. The standard InChI is InChI=1S/C28H29N3O8S/c1-37-21-9-5-19(6-10-21)27(33)30(15-14-18-4-13-24(38-2)25(16-18)39-3)23-17-26(32)31(28(23)34)20-7-11-22(12-8-20)40(29,35)36/h4-13,16,23H,14-15,17H2,1-3H3,(H2,29,35,36). The van der Waals surface area contributed by atoms with Crippen molar-refractivity contribution in [3.05, 3.63) is 77.9 Å². The van der Waals surface area contributed by atoms with E-state index in [0.717, 1.165) is 10.5 Å². The van der Waals surface area contributed by atoms with E-state index < -0.39 is 33.8 Å². The minimum atomic E-state index is -3.95. The Balaban J connectivity index is 1.64. The highest BCUT2D eigenvalue weighted by Crippen LogP contribution is 2.30. The average Bonchev–Trinajstić information content (AvgIpc) is 3.25. The maximum absolute atomic E-state index is 13.7. The van der Waals surface area contributed by atoms with Crippen molar-refractivity contribution in [1.82, 2.24) is 4.90 Å². The molecule has 1 aliphatic heterocycles. The van der Waals surface area contributed by atoms with Gasteiger partial charge in [-0.2, -0.15) is 0 Å². The number of carbonyl (C=O) groups excluding carboxylic acids is 3. The van der Waals surface area contributed by atoms with Gasteiger partial charge in [-0.15, -0.1) is 0 Å². The first-order valence-corrected chi connectivity index (χ1v) is 13.8. The molecule has 3 amide bonds. The molecule has 0 aliphatic carbocycles. The molecule has 11 nitrogen and oxygen atoms in total. The lowest BCUT2D eigenvalue weighted by Crippen LogP contribution is -2.46. The maximum Gasteiger partial charge on any atom is 0.257 e. The Morgan fingerprint density at radius 3 is 2.15 bits per heavy atom. The van der Waals surface area contributed by atoms with Crippen molar-refractivity contribution < 1.29 is 37.0 Å². The molecule has 4 rings (SSSR count). The summed E-state index contributed by atoms with van der Waals surface area (Å²) in [6, 6.07) is 15.9. The molecule has 12 heteroatoms. The lowest BCUT2D eigenvalue weighted by molar-refractivity contribution is -0.122. The highest BCUT2D eigenvalue weighted by atomic mass is 32.2. The molecule has 0 saturated carbocycles. The number of methoxy groups -OCH3 is 3. The average molecular weight is 568 g/mol. The molecule has 1 saturated heterocycles. The van der Waals surface area contributed by atoms with Crippen LogP contribution in [0.5, 0.6) is 17.2 Å². The monoisotopic (exact) mass is 567 g/mol. The van der Waals surface area contributed by atoms with E-state index in [-0.39, 0.29) is 23.5 Å². The summed E-state index contributed by atoms with van der Waals surface area (Å²) in [5.41, 5.74) is 1.34. The van der Waals surface area contributed by atoms with Gasteiger partial charge in [-0.25, -0.2) is 18.5 Å². The quantitative estimate of drug-likeness (QED) is 0.368. The fourth-order valence-electron chi connectivity index (χ4n) is 4.50. The van der Waals surface area contributed by atoms with E-state index >= 15 is 0 Å². The van der Waals surface area contributed by atoms with E-state index in [9.17, 15) is 22.8 Å². The summed E-state index contributed by atoms with van der Waals surface area (Å²) < 4.78 is 39.1. The third-order valence-electron chi connectivity index (χ3n) is 6.61. The molecule has 2 N–H and O–H groups in total. The largest absolute Gasteiger partial charge is 0.497 e. The normalized spacial score (nSPS) is 15.2. The number of amides is 3. The maximum atomic E-state index is 13.7. The zero-order valence-corrected chi connectivity index (χ0v) is 23.0. The van der Waals surface area contributed by atoms with Gasteiger partial charge in [0.15, 0.2) is 11.5 Å². The molecule has 1 fully saturated rings. The van der Waals surface area contributed by atoms with Crippen LogP contribution >= 0.6 is 0 Å². The SMILES string of the molecule is COc1ccc(C(=O)N(CCc2ccc(OC)c(OC)c2)C2CC(=O)N(c3ccc(S(N)(=O)=O)cc3)C2=O)cc1. The molecule has 3 aromatic rings. The van der Waals surface area contributed by atoms with Crippen LogP contribution in [0.25, 0.3) is 0 Å². The van der Waals surface area contributed by atoms with Crippen LogP contribution < -0.4 is 24.2 Å². The van der Waals surface area contributed by atoms with E-state index in [1.807, 2.05) is 6.07 Å². The van der Waals surface area contributed by atoms with Crippen LogP contribution in [0.15, 0.2) is 71.6 Å². The van der Waals surface area contributed by atoms with Crippen molar-refractivity contribution in [2.24, 2.45) is 5.14 Å². The third kappa shape index (κ3) is 5.92. The molecule has 3 aromatic carbocycles. The topological polar surface area (TPSA) is 146 Å². The summed E-state index contributed by atoms with van der Waals surface area (Å²) in [5.74, 6) is 0.0993. The van der Waals surface area contributed by atoms with Crippen LogP contribution in [-0.2, 0) is 26.0 Å². The number of hydrogen-bond acceptors (Lipinski definition) is 8. The summed E-state index contributed by atoms with van der Waals surface area (Å²) in [7, 11) is 0.615. The van der Waals surface area contributed by atoms with Crippen molar-refractivity contribution in [1.29, 1.82) is 0 Å². The number of benzene rings is 3. The van der Waals surface area contributed by atoms with E-state index in [1.165, 1.54) is 50.5 Å². The summed E-state index contributed by atoms with van der Waals surface area (Å²) in [5, 5.41) is 5.16. The molecule has 40 heavy (non-hydrogen) atoms. The first kappa shape index (κ1) is 28.6. The van der Waals surface area contributed by atoms with Crippen molar-refractivity contribution in [2.75, 3.05) is 32.8 Å². The van der Waals surface area contributed by atoms with Gasteiger partial charge >= 0.3 is 0 Å². The molecule has 1 unspecified atom stereocenters. The zero-order chi connectivity index (χ0) is 29.0. The number of hydrogen-bond donors (Lipinski definition) is 1. The molecular weight excluding hydrogens is 538 g/mol. The molecule has 0 radical (unpaired) electrons. The molecule has 0 bridgehead atoms. The van der Waals surface area contributed by atoms with E-state index in [0.29, 0.717) is 29.2 Å². The van der Waals surface area contributed by atoms with E-state index in [1.54, 1.807) is 36.4 Å². The van der Waals surface area contributed by atoms with Gasteiger partial charge in [-0.3, -0.25) is 14.4 Å². The van der Waals surface area contributed by atoms with Gasteiger partial charge in [-0.1, -0.05) is 6.07 Å². The lowest BCUT2D eigenvalue weighted by Gasteiger charge is -2.28. The van der Waals surface area contributed by atoms with Gasteiger partial charge in [0.2, 0.25) is 15.9 Å².